The van der Waals surface area contributed by atoms with Crippen LogP contribution in [0.2, 0.25) is 0 Å². The van der Waals surface area contributed by atoms with Gasteiger partial charge in [-0.3, -0.25) is 4.79 Å². The van der Waals surface area contributed by atoms with Gasteiger partial charge in [0.05, 0.1) is 25.4 Å². The van der Waals surface area contributed by atoms with Gasteiger partial charge < -0.3 is 14.2 Å². The summed E-state index contributed by atoms with van der Waals surface area (Å²) in [5.74, 6) is -1.60. The maximum atomic E-state index is 12.2. The third-order valence-electron chi connectivity index (χ3n) is 3.95. The van der Waals surface area contributed by atoms with Gasteiger partial charge in [0.1, 0.15) is 11.7 Å². The Hall–Kier alpha value is -1.95. The van der Waals surface area contributed by atoms with Gasteiger partial charge in [-0.05, 0) is 19.3 Å². The van der Waals surface area contributed by atoms with Crippen molar-refractivity contribution in [3.05, 3.63) is 23.8 Å². The van der Waals surface area contributed by atoms with E-state index < -0.39 is 23.6 Å². The first-order valence-electron chi connectivity index (χ1n) is 6.73. The standard InChI is InChI=1S/C15H18O6/c1-4-5-7-15-8-6-9(16)12(21-15)10(13(17)19-2)11(15)14(18)20-3/h4,12H,1,5-8H2,2-3H3/t12-,15+/m0/s1. The fourth-order valence-corrected chi connectivity index (χ4v) is 2.95. The van der Waals surface area contributed by atoms with Gasteiger partial charge in [-0.1, -0.05) is 6.08 Å². The molecule has 0 spiro atoms. The number of rotatable bonds is 5. The molecular formula is C15H18O6. The lowest BCUT2D eigenvalue weighted by Crippen LogP contribution is -2.42. The van der Waals surface area contributed by atoms with Crippen molar-refractivity contribution in [2.24, 2.45) is 0 Å². The van der Waals surface area contributed by atoms with Crippen LogP contribution >= 0.6 is 0 Å². The minimum absolute atomic E-state index is 0.0177. The van der Waals surface area contributed by atoms with Crippen LogP contribution in [0.4, 0.5) is 0 Å². The van der Waals surface area contributed by atoms with Crippen LogP contribution in [-0.4, -0.2) is 43.6 Å². The summed E-state index contributed by atoms with van der Waals surface area (Å²) in [6.45, 7) is 3.65. The lowest BCUT2D eigenvalue weighted by atomic mass is 9.84. The Morgan fingerprint density at radius 1 is 1.38 bits per heavy atom. The summed E-state index contributed by atoms with van der Waals surface area (Å²) in [6, 6.07) is 0. The highest BCUT2D eigenvalue weighted by molar-refractivity contribution is 6.09. The van der Waals surface area contributed by atoms with Gasteiger partial charge in [0, 0.05) is 6.42 Å². The third-order valence-corrected chi connectivity index (χ3v) is 3.95. The fourth-order valence-electron chi connectivity index (χ4n) is 2.95. The summed E-state index contributed by atoms with van der Waals surface area (Å²) in [5, 5.41) is 0. The largest absolute Gasteiger partial charge is 0.466 e. The number of ketones is 1. The molecule has 1 saturated heterocycles. The highest BCUT2D eigenvalue weighted by Gasteiger charge is 2.57. The monoisotopic (exact) mass is 294 g/mol. The number of hydrogen-bond acceptors (Lipinski definition) is 6. The Kier molecular flexibility index (Phi) is 4.27. The Morgan fingerprint density at radius 3 is 2.62 bits per heavy atom. The van der Waals surface area contributed by atoms with Gasteiger partial charge in [0.2, 0.25) is 0 Å². The molecule has 0 N–H and O–H groups in total. The van der Waals surface area contributed by atoms with Crippen molar-refractivity contribution in [2.45, 2.75) is 37.4 Å². The zero-order valence-electron chi connectivity index (χ0n) is 12.1. The second-order valence-electron chi connectivity index (χ2n) is 5.06. The highest BCUT2D eigenvalue weighted by Crippen LogP contribution is 2.47. The maximum Gasteiger partial charge on any atom is 0.337 e. The summed E-state index contributed by atoms with van der Waals surface area (Å²) < 4.78 is 15.3. The molecular weight excluding hydrogens is 276 g/mol. The van der Waals surface area contributed by atoms with Gasteiger partial charge in [-0.2, -0.15) is 0 Å². The van der Waals surface area contributed by atoms with Crippen LogP contribution in [0.5, 0.6) is 0 Å². The molecule has 6 heteroatoms. The molecule has 6 nitrogen and oxygen atoms in total. The zero-order chi connectivity index (χ0) is 15.6. The van der Waals surface area contributed by atoms with Crippen LogP contribution < -0.4 is 0 Å². The molecule has 2 heterocycles. The first-order chi connectivity index (χ1) is 10.0. The third kappa shape index (κ3) is 2.40. The van der Waals surface area contributed by atoms with Crippen LogP contribution in [0.3, 0.4) is 0 Å². The van der Waals surface area contributed by atoms with Crippen molar-refractivity contribution < 1.29 is 28.6 Å². The first kappa shape index (κ1) is 15.4. The van der Waals surface area contributed by atoms with Crippen molar-refractivity contribution in [1.29, 1.82) is 0 Å². The fraction of sp³-hybridized carbons (Fsp3) is 0.533. The van der Waals surface area contributed by atoms with Gasteiger partial charge in [-0.25, -0.2) is 9.59 Å². The minimum atomic E-state index is -1.04. The molecule has 2 atom stereocenters. The number of fused-ring (bicyclic) bond motifs is 2. The summed E-state index contributed by atoms with van der Waals surface area (Å²) in [7, 11) is 2.43. The molecule has 0 saturated carbocycles. The Bertz CT molecular complexity index is 528. The topological polar surface area (TPSA) is 78.9 Å². The van der Waals surface area contributed by atoms with E-state index in [2.05, 4.69) is 6.58 Å². The van der Waals surface area contributed by atoms with Crippen molar-refractivity contribution in [3.8, 4) is 0 Å². The van der Waals surface area contributed by atoms with E-state index in [-0.39, 0.29) is 23.4 Å². The lowest BCUT2D eigenvalue weighted by molar-refractivity contribution is -0.151. The number of esters is 2. The molecule has 0 aromatic heterocycles. The molecule has 2 aliphatic rings. The number of allylic oxidation sites excluding steroid dienone is 1. The van der Waals surface area contributed by atoms with E-state index in [0.29, 0.717) is 19.3 Å². The number of carbonyl (C=O) groups is 3. The van der Waals surface area contributed by atoms with Crippen LogP contribution in [0.1, 0.15) is 25.7 Å². The molecule has 0 aromatic carbocycles. The van der Waals surface area contributed by atoms with Gasteiger partial charge in [0.25, 0.3) is 0 Å². The van der Waals surface area contributed by atoms with Crippen LogP contribution in [0.25, 0.3) is 0 Å². The second-order valence-corrected chi connectivity index (χ2v) is 5.06. The van der Waals surface area contributed by atoms with Crippen molar-refractivity contribution in [3.63, 3.8) is 0 Å². The minimum Gasteiger partial charge on any atom is -0.466 e. The number of Topliss-reactive ketones (excluding diaryl/α,β-unsaturated/α-hetero) is 1. The van der Waals surface area contributed by atoms with E-state index in [1.807, 2.05) is 0 Å². The van der Waals surface area contributed by atoms with E-state index in [4.69, 9.17) is 14.2 Å². The van der Waals surface area contributed by atoms with Crippen LogP contribution in [-0.2, 0) is 28.6 Å². The lowest BCUT2D eigenvalue weighted by Gasteiger charge is -2.34. The molecule has 0 unspecified atom stereocenters. The zero-order valence-corrected chi connectivity index (χ0v) is 12.1. The maximum absolute atomic E-state index is 12.2. The molecule has 2 aliphatic heterocycles. The van der Waals surface area contributed by atoms with Gasteiger partial charge >= 0.3 is 11.9 Å². The summed E-state index contributed by atoms with van der Waals surface area (Å²) in [4.78, 5) is 36.2. The molecule has 0 radical (unpaired) electrons. The molecule has 1 fully saturated rings. The molecule has 21 heavy (non-hydrogen) atoms. The average molecular weight is 294 g/mol. The predicted molar refractivity (Wildman–Crippen MR) is 72.3 cm³/mol. The Labute approximate surface area is 122 Å². The predicted octanol–water partition coefficient (Wildman–Crippen LogP) is 1.10. The van der Waals surface area contributed by atoms with Crippen LogP contribution in [0.15, 0.2) is 23.8 Å². The van der Waals surface area contributed by atoms with Gasteiger partial charge in [0.15, 0.2) is 5.78 Å². The SMILES string of the molecule is C=CCC[C@]12CCC(=O)[C@H](O1)C(C(=O)OC)=C2C(=O)OC. The Morgan fingerprint density at radius 2 is 2.05 bits per heavy atom. The molecule has 0 amide bonds. The summed E-state index contributed by atoms with van der Waals surface area (Å²) >= 11 is 0. The van der Waals surface area contributed by atoms with Crippen LogP contribution in [0, 0.1) is 0 Å². The average Bonchev–Trinajstić information content (AvgIpc) is 2.79. The number of methoxy groups -OCH3 is 2. The quantitative estimate of drug-likeness (QED) is 0.558. The Balaban J connectivity index is 2.57. The number of hydrogen-bond donors (Lipinski definition) is 0. The molecule has 114 valence electrons. The van der Waals surface area contributed by atoms with E-state index in [1.54, 1.807) is 6.08 Å². The normalized spacial score (nSPS) is 27.5. The summed E-state index contributed by atoms with van der Waals surface area (Å²) in [6.07, 6.45) is 2.32. The molecule has 0 aromatic rings. The van der Waals surface area contributed by atoms with E-state index in [0.717, 1.165) is 0 Å². The number of ether oxygens (including phenoxy) is 3. The van der Waals surface area contributed by atoms with E-state index in [1.165, 1.54) is 14.2 Å². The first-order valence-corrected chi connectivity index (χ1v) is 6.73. The number of carbonyl (C=O) groups excluding carboxylic acids is 3. The van der Waals surface area contributed by atoms with Crippen molar-refractivity contribution in [1.82, 2.24) is 0 Å². The summed E-state index contributed by atoms with van der Waals surface area (Å²) in [5.41, 5.74) is -0.867. The molecule has 0 aliphatic carbocycles. The molecule has 2 bridgehead atoms. The van der Waals surface area contributed by atoms with E-state index in [9.17, 15) is 14.4 Å². The smallest absolute Gasteiger partial charge is 0.337 e. The van der Waals surface area contributed by atoms with Crippen molar-refractivity contribution in [2.75, 3.05) is 14.2 Å². The van der Waals surface area contributed by atoms with Crippen molar-refractivity contribution >= 4 is 17.7 Å². The van der Waals surface area contributed by atoms with Gasteiger partial charge in [-0.15, -0.1) is 6.58 Å². The second kappa shape index (κ2) is 5.81. The van der Waals surface area contributed by atoms with E-state index >= 15 is 0 Å². The molecule has 2 rings (SSSR count). The highest BCUT2D eigenvalue weighted by atomic mass is 16.6.